The zero-order valence-electron chi connectivity index (χ0n) is 12.2. The first-order valence-corrected chi connectivity index (χ1v) is 7.83. The Morgan fingerprint density at radius 3 is 2.65 bits per heavy atom. The molecule has 2 heterocycles. The highest BCUT2D eigenvalue weighted by Gasteiger charge is 2.38. The summed E-state index contributed by atoms with van der Waals surface area (Å²) in [7, 11) is 3.97. The summed E-state index contributed by atoms with van der Waals surface area (Å²) >= 11 is 6.29. The molecule has 2 bridgehead atoms. The molecule has 2 aliphatic rings. The van der Waals surface area contributed by atoms with Crippen LogP contribution in [-0.2, 0) is 6.54 Å². The minimum Gasteiger partial charge on any atom is -0.496 e. The molecule has 1 aromatic rings. The molecule has 4 heteroatoms. The van der Waals surface area contributed by atoms with Crippen molar-refractivity contribution in [1.82, 2.24) is 10.2 Å². The van der Waals surface area contributed by atoms with E-state index in [9.17, 15) is 0 Å². The lowest BCUT2D eigenvalue weighted by molar-refractivity contribution is 0.148. The molecule has 2 saturated heterocycles. The van der Waals surface area contributed by atoms with Crippen LogP contribution in [0.2, 0.25) is 5.02 Å². The van der Waals surface area contributed by atoms with Crippen LogP contribution in [0.1, 0.15) is 31.2 Å². The van der Waals surface area contributed by atoms with E-state index in [1.165, 1.54) is 25.7 Å². The van der Waals surface area contributed by atoms with Gasteiger partial charge < -0.3 is 15.0 Å². The molecule has 0 saturated carbocycles. The zero-order chi connectivity index (χ0) is 14.1. The molecule has 3 nitrogen and oxygen atoms in total. The maximum atomic E-state index is 6.29. The van der Waals surface area contributed by atoms with Crippen LogP contribution in [0.3, 0.4) is 0 Å². The molecule has 0 spiro atoms. The molecule has 2 fully saturated rings. The molecule has 2 atom stereocenters. The number of nitrogens with one attached hydrogen (secondary N) is 1. The van der Waals surface area contributed by atoms with Crippen LogP contribution in [0, 0.1) is 0 Å². The van der Waals surface area contributed by atoms with Crippen molar-refractivity contribution in [2.75, 3.05) is 14.2 Å². The van der Waals surface area contributed by atoms with E-state index in [0.29, 0.717) is 6.04 Å². The minimum absolute atomic E-state index is 0.602. The van der Waals surface area contributed by atoms with Gasteiger partial charge in [0.05, 0.1) is 7.11 Å². The molecule has 0 radical (unpaired) electrons. The number of hydrogen-bond acceptors (Lipinski definition) is 3. The summed E-state index contributed by atoms with van der Waals surface area (Å²) in [6.07, 6.45) is 5.21. The first kappa shape index (κ1) is 14.2. The molecule has 2 aliphatic heterocycles. The fourth-order valence-electron chi connectivity index (χ4n) is 3.73. The number of ether oxygens (including phenoxy) is 1. The fraction of sp³-hybridized carbons (Fsp3) is 0.625. The second-order valence-corrected chi connectivity index (χ2v) is 6.43. The van der Waals surface area contributed by atoms with Crippen LogP contribution in [0.5, 0.6) is 5.75 Å². The second kappa shape index (κ2) is 5.92. The Hall–Kier alpha value is -0.770. The smallest absolute Gasteiger partial charge is 0.124 e. The van der Waals surface area contributed by atoms with Crippen molar-refractivity contribution >= 4 is 11.6 Å². The Balaban J connectivity index is 1.63. The Bertz CT molecular complexity index is 466. The van der Waals surface area contributed by atoms with E-state index in [1.807, 2.05) is 18.2 Å². The summed E-state index contributed by atoms with van der Waals surface area (Å²) in [5.41, 5.74) is 1.07. The number of hydrogen-bond donors (Lipinski definition) is 1. The van der Waals surface area contributed by atoms with Gasteiger partial charge in [-0.15, -0.1) is 0 Å². The van der Waals surface area contributed by atoms with Crippen molar-refractivity contribution in [2.24, 2.45) is 0 Å². The van der Waals surface area contributed by atoms with Crippen LogP contribution in [0.15, 0.2) is 18.2 Å². The van der Waals surface area contributed by atoms with Crippen molar-refractivity contribution in [3.05, 3.63) is 28.8 Å². The topological polar surface area (TPSA) is 24.5 Å². The first-order chi connectivity index (χ1) is 9.69. The van der Waals surface area contributed by atoms with E-state index in [1.54, 1.807) is 7.11 Å². The van der Waals surface area contributed by atoms with E-state index in [-0.39, 0.29) is 0 Å². The number of nitrogens with zero attached hydrogens (tertiary/aromatic N) is 1. The van der Waals surface area contributed by atoms with Crippen LogP contribution in [-0.4, -0.2) is 37.2 Å². The van der Waals surface area contributed by atoms with E-state index in [4.69, 9.17) is 16.3 Å². The summed E-state index contributed by atoms with van der Waals surface area (Å²) in [6, 6.07) is 7.96. The lowest BCUT2D eigenvalue weighted by atomic mass is 9.97. The molecule has 2 unspecified atom stereocenters. The summed E-state index contributed by atoms with van der Waals surface area (Å²) in [5, 5.41) is 4.47. The van der Waals surface area contributed by atoms with Crippen molar-refractivity contribution in [2.45, 2.75) is 50.4 Å². The van der Waals surface area contributed by atoms with Gasteiger partial charge in [-0.25, -0.2) is 0 Å². The third kappa shape index (κ3) is 2.67. The van der Waals surface area contributed by atoms with E-state index in [2.05, 4.69) is 17.3 Å². The van der Waals surface area contributed by atoms with Gasteiger partial charge in [0.2, 0.25) is 0 Å². The molecule has 0 aromatic heterocycles. The lowest BCUT2D eigenvalue weighted by Gasteiger charge is -2.36. The Morgan fingerprint density at radius 1 is 1.30 bits per heavy atom. The summed E-state index contributed by atoms with van der Waals surface area (Å²) in [4.78, 5) is 2.56. The maximum absolute atomic E-state index is 6.29. The summed E-state index contributed by atoms with van der Waals surface area (Å²) in [6.45, 7) is 0.788. The largest absolute Gasteiger partial charge is 0.496 e. The first-order valence-electron chi connectivity index (χ1n) is 7.45. The summed E-state index contributed by atoms with van der Waals surface area (Å²) < 4.78 is 5.41. The standard InChI is InChI=1S/C16H23ClN2O/c1-19-12-6-7-13(19)9-11(8-12)18-10-14-15(17)4-3-5-16(14)20-2/h3-5,11-13,18H,6-10H2,1-2H3. The Morgan fingerprint density at radius 2 is 2.00 bits per heavy atom. The van der Waals surface area contributed by atoms with E-state index < -0.39 is 0 Å². The van der Waals surface area contributed by atoms with Gasteiger partial charge in [-0.1, -0.05) is 17.7 Å². The van der Waals surface area contributed by atoms with E-state index in [0.717, 1.165) is 35.0 Å². The van der Waals surface area contributed by atoms with Gasteiger partial charge in [-0.05, 0) is 44.9 Å². The molecule has 1 N–H and O–H groups in total. The fourth-order valence-corrected chi connectivity index (χ4v) is 3.96. The predicted molar refractivity (Wildman–Crippen MR) is 82.4 cm³/mol. The maximum Gasteiger partial charge on any atom is 0.124 e. The quantitative estimate of drug-likeness (QED) is 0.924. The average molecular weight is 295 g/mol. The molecule has 0 amide bonds. The molecule has 0 aliphatic carbocycles. The summed E-state index contributed by atoms with van der Waals surface area (Å²) in [5.74, 6) is 0.876. The molecular formula is C16H23ClN2O. The monoisotopic (exact) mass is 294 g/mol. The van der Waals surface area contributed by atoms with Crippen molar-refractivity contribution in [3.63, 3.8) is 0 Å². The predicted octanol–water partition coefficient (Wildman–Crippen LogP) is 3.06. The third-order valence-corrected chi connectivity index (χ3v) is 5.32. The number of fused-ring (bicyclic) bond motifs is 2. The normalized spacial score (nSPS) is 29.6. The van der Waals surface area contributed by atoms with Gasteiger partial charge in [-0.2, -0.15) is 0 Å². The molecule has 1 aromatic carbocycles. The number of rotatable bonds is 4. The van der Waals surface area contributed by atoms with Gasteiger partial charge in [-0.3, -0.25) is 0 Å². The highest BCUT2D eigenvalue weighted by Crippen LogP contribution is 2.34. The molecule has 3 rings (SSSR count). The van der Waals surface area contributed by atoms with Gasteiger partial charge in [0, 0.05) is 35.3 Å². The van der Waals surface area contributed by atoms with Gasteiger partial charge in [0.25, 0.3) is 0 Å². The van der Waals surface area contributed by atoms with Crippen LogP contribution in [0.25, 0.3) is 0 Å². The third-order valence-electron chi connectivity index (χ3n) is 4.96. The van der Waals surface area contributed by atoms with Crippen LogP contribution < -0.4 is 10.1 Å². The second-order valence-electron chi connectivity index (χ2n) is 6.02. The number of methoxy groups -OCH3 is 1. The van der Waals surface area contributed by atoms with Gasteiger partial charge in [0.1, 0.15) is 5.75 Å². The number of halogens is 1. The number of benzene rings is 1. The molecule has 20 heavy (non-hydrogen) atoms. The zero-order valence-corrected chi connectivity index (χ0v) is 13.0. The van der Waals surface area contributed by atoms with Crippen molar-refractivity contribution in [3.8, 4) is 5.75 Å². The van der Waals surface area contributed by atoms with Gasteiger partial charge in [0.15, 0.2) is 0 Å². The van der Waals surface area contributed by atoms with E-state index >= 15 is 0 Å². The highest BCUT2D eigenvalue weighted by atomic mass is 35.5. The van der Waals surface area contributed by atoms with Crippen LogP contribution in [0.4, 0.5) is 0 Å². The molecule has 110 valence electrons. The van der Waals surface area contributed by atoms with Crippen molar-refractivity contribution < 1.29 is 4.74 Å². The molecular weight excluding hydrogens is 272 g/mol. The van der Waals surface area contributed by atoms with Crippen LogP contribution >= 0.6 is 11.6 Å². The lowest BCUT2D eigenvalue weighted by Crippen LogP contribution is -2.47. The highest BCUT2D eigenvalue weighted by molar-refractivity contribution is 6.31. The Labute approximate surface area is 126 Å². The SMILES string of the molecule is COc1cccc(Cl)c1CNC1CC2CCC(C1)N2C. The number of piperidine rings is 1. The van der Waals surface area contributed by atoms with Gasteiger partial charge >= 0.3 is 0 Å². The average Bonchev–Trinajstić information content (AvgIpc) is 2.67. The van der Waals surface area contributed by atoms with Crippen molar-refractivity contribution in [1.29, 1.82) is 0 Å². The minimum atomic E-state index is 0.602. The Kier molecular flexibility index (Phi) is 4.20.